The van der Waals surface area contributed by atoms with Gasteiger partial charge in [-0.1, -0.05) is 32.9 Å². The molecule has 0 radical (unpaired) electrons. The fourth-order valence-corrected chi connectivity index (χ4v) is 2.83. The lowest BCUT2D eigenvalue weighted by molar-refractivity contribution is -0.116. The second kappa shape index (κ2) is 8.75. The number of carbonyl (C=O) groups excluding carboxylic acids is 2. The Morgan fingerprint density at radius 3 is 2.39 bits per heavy atom. The summed E-state index contributed by atoms with van der Waals surface area (Å²) in [7, 11) is 0. The molecule has 0 atom stereocenters. The molecule has 148 valence electrons. The second-order valence-corrected chi connectivity index (χ2v) is 7.68. The first kappa shape index (κ1) is 21.2. The van der Waals surface area contributed by atoms with Gasteiger partial charge in [0.2, 0.25) is 11.8 Å². The van der Waals surface area contributed by atoms with Gasteiger partial charge in [-0.25, -0.2) is 0 Å². The van der Waals surface area contributed by atoms with E-state index >= 15 is 0 Å². The fourth-order valence-electron chi connectivity index (χ4n) is 2.83. The first-order valence-electron chi connectivity index (χ1n) is 9.21. The number of nitrogens with one attached hydrogen (secondary N) is 1. The number of ketones is 1. The van der Waals surface area contributed by atoms with Gasteiger partial charge in [-0.05, 0) is 43.4 Å². The Morgan fingerprint density at radius 1 is 1.21 bits per heavy atom. The Kier molecular flexibility index (Phi) is 6.63. The van der Waals surface area contributed by atoms with Crippen molar-refractivity contribution in [1.82, 2.24) is 0 Å². The number of furan rings is 1. The lowest BCUT2D eigenvalue weighted by Crippen LogP contribution is -2.13. The van der Waals surface area contributed by atoms with E-state index in [9.17, 15) is 14.9 Å². The predicted octanol–water partition coefficient (Wildman–Crippen LogP) is 4.76. The van der Waals surface area contributed by atoms with Crippen LogP contribution in [0.5, 0.6) is 5.75 Å². The topological polar surface area (TPSA) is 92.3 Å². The van der Waals surface area contributed by atoms with Crippen molar-refractivity contribution < 1.29 is 18.7 Å². The third-order valence-electron chi connectivity index (χ3n) is 4.34. The third kappa shape index (κ3) is 5.23. The van der Waals surface area contributed by atoms with E-state index in [1.165, 1.54) is 12.5 Å². The second-order valence-electron chi connectivity index (χ2n) is 7.68. The van der Waals surface area contributed by atoms with Crippen LogP contribution in [0, 0.1) is 18.3 Å². The van der Waals surface area contributed by atoms with Gasteiger partial charge in [0, 0.05) is 6.42 Å². The highest BCUT2D eigenvalue weighted by molar-refractivity contribution is 6.00. The van der Waals surface area contributed by atoms with E-state index in [-0.39, 0.29) is 40.5 Å². The van der Waals surface area contributed by atoms with E-state index in [1.807, 2.05) is 30.3 Å². The third-order valence-corrected chi connectivity index (χ3v) is 4.34. The smallest absolute Gasteiger partial charge is 0.226 e. The minimum absolute atomic E-state index is 0.0221. The molecule has 0 fully saturated rings. The normalized spacial score (nSPS) is 11.0. The van der Waals surface area contributed by atoms with Gasteiger partial charge >= 0.3 is 0 Å². The molecule has 0 unspecified atom stereocenters. The molecule has 1 N–H and O–H groups in total. The number of nitrogens with zero attached hydrogens (tertiary/aromatic N) is 1. The maximum absolute atomic E-state index is 12.1. The molecule has 1 aromatic carbocycles. The first-order valence-corrected chi connectivity index (χ1v) is 9.21. The number of Topliss-reactive ketones (excluding diaryl/α,β-unsaturated/α-hetero) is 1. The molecular weight excluding hydrogens is 356 g/mol. The van der Waals surface area contributed by atoms with Gasteiger partial charge in [0.1, 0.15) is 23.1 Å². The summed E-state index contributed by atoms with van der Waals surface area (Å²) < 4.78 is 11.0. The number of ether oxygens (including phenoxy) is 1. The zero-order valence-corrected chi connectivity index (χ0v) is 17.0. The van der Waals surface area contributed by atoms with Crippen LogP contribution in [0.3, 0.4) is 0 Å². The number of nitriles is 1. The van der Waals surface area contributed by atoms with E-state index < -0.39 is 0 Å². The molecule has 0 aliphatic heterocycles. The maximum atomic E-state index is 12.1. The van der Waals surface area contributed by atoms with Crippen LogP contribution in [0.4, 0.5) is 5.88 Å². The number of hydrogen-bond acceptors (Lipinski definition) is 5. The van der Waals surface area contributed by atoms with Crippen molar-refractivity contribution in [3.8, 4) is 11.8 Å². The average molecular weight is 382 g/mol. The molecule has 1 aromatic heterocycles. The summed E-state index contributed by atoms with van der Waals surface area (Å²) in [6.45, 7) is 9.79. The molecule has 6 nitrogen and oxygen atoms in total. The number of aryl methyl sites for hydroxylation is 1. The molecule has 28 heavy (non-hydrogen) atoms. The summed E-state index contributed by atoms with van der Waals surface area (Å²) in [5.74, 6) is 0.527. The van der Waals surface area contributed by atoms with Gasteiger partial charge in [-0.3, -0.25) is 14.9 Å². The summed E-state index contributed by atoms with van der Waals surface area (Å²) in [5, 5.41) is 11.8. The molecule has 0 bridgehead atoms. The lowest BCUT2D eigenvalue weighted by Gasteiger charge is -2.19. The average Bonchev–Trinajstić information content (AvgIpc) is 2.93. The van der Waals surface area contributed by atoms with E-state index in [4.69, 9.17) is 9.15 Å². The number of hydrogen-bond donors (Lipinski definition) is 1. The number of anilines is 1. The summed E-state index contributed by atoms with van der Waals surface area (Å²) in [6, 6.07) is 9.85. The zero-order chi connectivity index (χ0) is 20.9. The number of amides is 1. The Balaban J connectivity index is 1.85. The Bertz CT molecular complexity index is 896. The Morgan fingerprint density at radius 2 is 1.86 bits per heavy atom. The monoisotopic (exact) mass is 382 g/mol. The van der Waals surface area contributed by atoms with Gasteiger partial charge in [0.05, 0.1) is 12.2 Å². The molecule has 6 heteroatoms. The molecule has 2 aromatic rings. The van der Waals surface area contributed by atoms with Crippen molar-refractivity contribution >= 4 is 17.6 Å². The van der Waals surface area contributed by atoms with E-state index in [0.29, 0.717) is 18.8 Å². The van der Waals surface area contributed by atoms with E-state index in [1.54, 1.807) is 6.92 Å². The zero-order valence-electron chi connectivity index (χ0n) is 17.0. The van der Waals surface area contributed by atoms with Gasteiger partial charge in [-0.15, -0.1) is 0 Å². The fraction of sp³-hybridized carbons (Fsp3) is 0.409. The highest BCUT2D eigenvalue weighted by atomic mass is 16.5. The van der Waals surface area contributed by atoms with Crippen LogP contribution in [-0.4, -0.2) is 18.3 Å². The van der Waals surface area contributed by atoms with Gasteiger partial charge in [0.15, 0.2) is 5.78 Å². The molecule has 0 aliphatic carbocycles. The molecule has 0 saturated heterocycles. The van der Waals surface area contributed by atoms with Gasteiger partial charge < -0.3 is 9.15 Å². The minimum Gasteiger partial charge on any atom is -0.494 e. The Hall–Kier alpha value is -3.07. The Labute approximate surface area is 165 Å². The predicted molar refractivity (Wildman–Crippen MR) is 107 cm³/mol. The van der Waals surface area contributed by atoms with Crippen LogP contribution in [0.15, 0.2) is 28.7 Å². The quantitative estimate of drug-likeness (QED) is 0.551. The molecule has 0 spiro atoms. The molecule has 1 heterocycles. The number of carbonyl (C=O) groups is 2. The van der Waals surface area contributed by atoms with Crippen molar-refractivity contribution in [2.75, 3.05) is 11.9 Å². The minimum atomic E-state index is -0.299. The van der Waals surface area contributed by atoms with Gasteiger partial charge in [0.25, 0.3) is 0 Å². The summed E-state index contributed by atoms with van der Waals surface area (Å²) >= 11 is 0. The van der Waals surface area contributed by atoms with Crippen LogP contribution in [-0.2, 0) is 10.2 Å². The highest BCUT2D eigenvalue weighted by Crippen LogP contribution is 2.27. The van der Waals surface area contributed by atoms with Gasteiger partial charge in [-0.2, -0.15) is 5.26 Å². The summed E-state index contributed by atoms with van der Waals surface area (Å²) in [6.07, 6.45) is 0.716. The van der Waals surface area contributed by atoms with Crippen molar-refractivity contribution in [2.45, 2.75) is 52.9 Å². The van der Waals surface area contributed by atoms with E-state index in [0.717, 1.165) is 5.75 Å². The van der Waals surface area contributed by atoms with Crippen molar-refractivity contribution in [1.29, 1.82) is 5.26 Å². The summed E-state index contributed by atoms with van der Waals surface area (Å²) in [4.78, 5) is 23.7. The van der Waals surface area contributed by atoms with Crippen LogP contribution < -0.4 is 10.1 Å². The van der Waals surface area contributed by atoms with Crippen LogP contribution in [0.1, 0.15) is 67.8 Å². The molecule has 1 amide bonds. The molecule has 2 rings (SSSR count). The van der Waals surface area contributed by atoms with Crippen molar-refractivity contribution in [3.63, 3.8) is 0 Å². The lowest BCUT2D eigenvalue weighted by atomic mass is 9.87. The number of rotatable bonds is 7. The highest BCUT2D eigenvalue weighted by Gasteiger charge is 2.22. The van der Waals surface area contributed by atoms with Crippen LogP contribution in [0.2, 0.25) is 0 Å². The largest absolute Gasteiger partial charge is 0.494 e. The van der Waals surface area contributed by atoms with Crippen molar-refractivity contribution in [3.05, 3.63) is 46.7 Å². The SMILES string of the molecule is CC(=O)c1c(C)oc(NC(=O)CCCOc2ccc(C(C)(C)C)cc2)c1C#N. The first-order chi connectivity index (χ1) is 13.1. The van der Waals surface area contributed by atoms with Crippen LogP contribution in [0.25, 0.3) is 0 Å². The maximum Gasteiger partial charge on any atom is 0.226 e. The summed E-state index contributed by atoms with van der Waals surface area (Å²) in [5.41, 5.74) is 1.59. The van der Waals surface area contributed by atoms with Crippen LogP contribution >= 0.6 is 0 Å². The molecular formula is C22H26N2O4. The standard InChI is InChI=1S/C22H26N2O4/c1-14(25)20-15(2)28-21(18(20)13-23)24-19(26)7-6-12-27-17-10-8-16(9-11-17)22(3,4)5/h8-11H,6-7,12H2,1-5H3,(H,24,26). The molecule has 0 saturated carbocycles. The van der Waals surface area contributed by atoms with Crippen molar-refractivity contribution in [2.24, 2.45) is 0 Å². The number of benzene rings is 1. The van der Waals surface area contributed by atoms with E-state index in [2.05, 4.69) is 26.1 Å². The molecule has 0 aliphatic rings.